The van der Waals surface area contributed by atoms with Crippen LogP contribution in [0.3, 0.4) is 0 Å². The Kier molecular flexibility index (Phi) is 6.79. The van der Waals surface area contributed by atoms with E-state index in [-0.39, 0.29) is 22.3 Å². The Hall–Kier alpha value is -3.16. The van der Waals surface area contributed by atoms with Crippen LogP contribution in [-0.4, -0.2) is 23.7 Å². The summed E-state index contributed by atoms with van der Waals surface area (Å²) < 4.78 is 10.4. The van der Waals surface area contributed by atoms with Gasteiger partial charge in [-0.3, -0.25) is 14.9 Å². The first-order chi connectivity index (χ1) is 13.5. The average molecular weight is 401 g/mol. The number of amides is 1. The monoisotopic (exact) mass is 401 g/mol. The van der Waals surface area contributed by atoms with Gasteiger partial charge in [0.2, 0.25) is 0 Å². The molecule has 0 unspecified atom stereocenters. The van der Waals surface area contributed by atoms with Gasteiger partial charge >= 0.3 is 5.69 Å². The highest BCUT2D eigenvalue weighted by molar-refractivity contribution is 5.81. The van der Waals surface area contributed by atoms with Crippen LogP contribution in [0.2, 0.25) is 0 Å². The molecule has 0 radical (unpaired) electrons. The van der Waals surface area contributed by atoms with E-state index in [1.165, 1.54) is 24.6 Å². The van der Waals surface area contributed by atoms with Gasteiger partial charge in [0, 0.05) is 6.07 Å². The Bertz CT molecular complexity index is 880. The number of nitrogens with zero attached hydrogens (tertiary/aromatic N) is 2. The van der Waals surface area contributed by atoms with Crippen molar-refractivity contribution in [3.63, 3.8) is 0 Å². The maximum Gasteiger partial charge on any atom is 0.311 e. The zero-order chi connectivity index (χ0) is 21.7. The third-order valence-corrected chi connectivity index (χ3v) is 4.19. The summed E-state index contributed by atoms with van der Waals surface area (Å²) in [7, 11) is 0. The van der Waals surface area contributed by atoms with Crippen molar-refractivity contribution in [3.8, 4) is 5.75 Å². The van der Waals surface area contributed by atoms with Crippen LogP contribution in [0.15, 0.2) is 46.1 Å². The van der Waals surface area contributed by atoms with Crippen LogP contribution in [0.1, 0.15) is 52.4 Å². The fourth-order valence-electron chi connectivity index (χ4n) is 3.34. The molecule has 2 rings (SSSR count). The van der Waals surface area contributed by atoms with Gasteiger partial charge in [-0.2, -0.15) is 5.10 Å². The molecule has 8 heteroatoms. The highest BCUT2D eigenvalue weighted by atomic mass is 16.6. The standard InChI is InChI=1S/C21H27N3O5/c1-20(2,3)14-21(4,5)15-8-9-18(17(11-15)24(26)27)29-13-19(25)23-22-12-16-7-6-10-28-16/h6-12H,13-14H2,1-5H3,(H,23,25). The van der Waals surface area contributed by atoms with E-state index in [2.05, 4.69) is 45.1 Å². The second-order valence-corrected chi connectivity index (χ2v) is 8.66. The van der Waals surface area contributed by atoms with E-state index >= 15 is 0 Å². The Morgan fingerprint density at radius 3 is 2.59 bits per heavy atom. The van der Waals surface area contributed by atoms with Crippen molar-refractivity contribution in [3.05, 3.63) is 58.0 Å². The summed E-state index contributed by atoms with van der Waals surface area (Å²) in [5, 5.41) is 15.3. The van der Waals surface area contributed by atoms with E-state index in [4.69, 9.17) is 9.15 Å². The van der Waals surface area contributed by atoms with Crippen LogP contribution < -0.4 is 10.2 Å². The molecule has 1 heterocycles. The van der Waals surface area contributed by atoms with Crippen LogP contribution >= 0.6 is 0 Å². The van der Waals surface area contributed by atoms with Gasteiger partial charge in [-0.25, -0.2) is 5.43 Å². The maximum atomic E-state index is 11.9. The summed E-state index contributed by atoms with van der Waals surface area (Å²) in [4.78, 5) is 22.9. The van der Waals surface area contributed by atoms with Gasteiger partial charge in [0.05, 0.1) is 17.4 Å². The first kappa shape index (κ1) is 22.1. The quantitative estimate of drug-likeness (QED) is 0.400. The fourth-order valence-corrected chi connectivity index (χ4v) is 3.34. The van der Waals surface area contributed by atoms with Crippen LogP contribution in [0, 0.1) is 15.5 Å². The van der Waals surface area contributed by atoms with Gasteiger partial charge in [-0.15, -0.1) is 0 Å². The zero-order valence-corrected chi connectivity index (χ0v) is 17.4. The molecule has 0 fully saturated rings. The van der Waals surface area contributed by atoms with Crippen molar-refractivity contribution in [2.75, 3.05) is 6.61 Å². The number of carbonyl (C=O) groups is 1. The Balaban J connectivity index is 2.06. The van der Waals surface area contributed by atoms with Crippen molar-refractivity contribution in [2.45, 2.75) is 46.5 Å². The number of hydrazone groups is 1. The number of rotatable bonds is 8. The summed E-state index contributed by atoms with van der Waals surface area (Å²) in [5.41, 5.74) is 2.77. The van der Waals surface area contributed by atoms with Crippen molar-refractivity contribution in [1.29, 1.82) is 0 Å². The molecule has 0 atom stereocenters. The lowest BCUT2D eigenvalue weighted by Crippen LogP contribution is -2.26. The first-order valence-corrected chi connectivity index (χ1v) is 9.25. The van der Waals surface area contributed by atoms with Gasteiger partial charge < -0.3 is 9.15 Å². The Morgan fingerprint density at radius 2 is 2.00 bits per heavy atom. The minimum absolute atomic E-state index is 0.0375. The van der Waals surface area contributed by atoms with E-state index in [9.17, 15) is 14.9 Å². The normalized spacial score (nSPS) is 12.2. The predicted molar refractivity (Wildman–Crippen MR) is 110 cm³/mol. The molecule has 1 amide bonds. The number of furan rings is 1. The third kappa shape index (κ3) is 6.74. The average Bonchev–Trinajstić information content (AvgIpc) is 3.11. The van der Waals surface area contributed by atoms with Crippen molar-refractivity contribution >= 4 is 17.8 Å². The molecule has 29 heavy (non-hydrogen) atoms. The number of nitro groups is 1. The van der Waals surface area contributed by atoms with Crippen LogP contribution in [-0.2, 0) is 10.2 Å². The van der Waals surface area contributed by atoms with E-state index < -0.39 is 17.4 Å². The summed E-state index contributed by atoms with van der Waals surface area (Å²) >= 11 is 0. The van der Waals surface area contributed by atoms with E-state index in [0.29, 0.717) is 5.76 Å². The second-order valence-electron chi connectivity index (χ2n) is 8.66. The molecule has 1 N–H and O–H groups in total. The number of hydrogen-bond donors (Lipinski definition) is 1. The molecule has 1 aromatic carbocycles. The molecule has 156 valence electrons. The zero-order valence-electron chi connectivity index (χ0n) is 17.4. The molecule has 2 aromatic rings. The highest BCUT2D eigenvalue weighted by Gasteiger charge is 2.29. The van der Waals surface area contributed by atoms with Crippen LogP contribution in [0.4, 0.5) is 5.69 Å². The molecule has 8 nitrogen and oxygen atoms in total. The minimum Gasteiger partial charge on any atom is -0.477 e. The van der Waals surface area contributed by atoms with E-state index in [1.54, 1.807) is 18.2 Å². The molecule has 0 aliphatic rings. The van der Waals surface area contributed by atoms with Crippen molar-refractivity contribution in [2.24, 2.45) is 10.5 Å². The molecule has 0 spiro atoms. The van der Waals surface area contributed by atoms with Gasteiger partial charge in [-0.05, 0) is 41.0 Å². The second kappa shape index (κ2) is 8.89. The number of benzene rings is 1. The molecule has 0 aliphatic carbocycles. The van der Waals surface area contributed by atoms with Crippen molar-refractivity contribution < 1.29 is 18.9 Å². The number of carbonyl (C=O) groups excluding carboxylic acids is 1. The molecule has 0 saturated heterocycles. The molecule has 0 aliphatic heterocycles. The first-order valence-electron chi connectivity index (χ1n) is 9.25. The van der Waals surface area contributed by atoms with E-state index in [1.807, 2.05) is 0 Å². The van der Waals surface area contributed by atoms with Gasteiger partial charge in [0.25, 0.3) is 5.91 Å². The molecule has 0 saturated carbocycles. The Labute approximate surface area is 170 Å². The van der Waals surface area contributed by atoms with E-state index in [0.717, 1.165) is 12.0 Å². The lowest BCUT2D eigenvalue weighted by atomic mass is 9.72. The molecular formula is C21H27N3O5. The Morgan fingerprint density at radius 1 is 1.28 bits per heavy atom. The number of nitro benzene ring substituents is 1. The number of nitrogens with one attached hydrogen (secondary N) is 1. The summed E-state index contributed by atoms with van der Waals surface area (Å²) in [6, 6.07) is 8.24. The SMILES string of the molecule is CC(C)(C)CC(C)(C)c1ccc(OCC(=O)NN=Cc2ccco2)c([N+](=O)[O-])c1. The third-order valence-electron chi connectivity index (χ3n) is 4.19. The maximum absolute atomic E-state index is 11.9. The van der Waals surface area contributed by atoms with Crippen molar-refractivity contribution in [1.82, 2.24) is 5.43 Å². The molecule has 1 aromatic heterocycles. The summed E-state index contributed by atoms with van der Waals surface area (Å²) in [6.45, 7) is 10.1. The summed E-state index contributed by atoms with van der Waals surface area (Å²) in [6.07, 6.45) is 3.68. The molecular weight excluding hydrogens is 374 g/mol. The lowest BCUT2D eigenvalue weighted by Gasteiger charge is -2.33. The molecule has 0 bridgehead atoms. The largest absolute Gasteiger partial charge is 0.477 e. The smallest absolute Gasteiger partial charge is 0.311 e. The number of hydrogen-bond acceptors (Lipinski definition) is 6. The summed E-state index contributed by atoms with van der Waals surface area (Å²) in [5.74, 6) is -0.0231. The van der Waals surface area contributed by atoms with Gasteiger partial charge in [-0.1, -0.05) is 40.7 Å². The van der Waals surface area contributed by atoms with Gasteiger partial charge in [0.15, 0.2) is 12.4 Å². The fraction of sp³-hybridized carbons (Fsp3) is 0.429. The number of ether oxygens (including phenoxy) is 1. The topological polar surface area (TPSA) is 107 Å². The lowest BCUT2D eigenvalue weighted by molar-refractivity contribution is -0.385. The highest BCUT2D eigenvalue weighted by Crippen LogP contribution is 2.39. The van der Waals surface area contributed by atoms with Crippen LogP contribution in [0.25, 0.3) is 0 Å². The predicted octanol–water partition coefficient (Wildman–Crippen LogP) is 4.43. The van der Waals surface area contributed by atoms with Crippen LogP contribution in [0.5, 0.6) is 5.75 Å². The van der Waals surface area contributed by atoms with Gasteiger partial charge in [0.1, 0.15) is 5.76 Å². The minimum atomic E-state index is -0.542.